The average Bonchev–Trinajstić information content (AvgIpc) is 2.32. The number of carbonyl (C=O) groups is 1. The van der Waals surface area contributed by atoms with Crippen LogP contribution in [-0.2, 0) is 0 Å². The molecule has 1 heterocycles. The summed E-state index contributed by atoms with van der Waals surface area (Å²) in [5.74, 6) is -0.0101. The van der Waals surface area contributed by atoms with Crippen LogP contribution in [0.4, 0.5) is 0 Å². The smallest absolute Gasteiger partial charge is 0.255 e. The van der Waals surface area contributed by atoms with Crippen molar-refractivity contribution in [1.82, 2.24) is 4.90 Å². The molecule has 0 radical (unpaired) electrons. The first-order valence-electron chi connectivity index (χ1n) is 5.78. The van der Waals surface area contributed by atoms with Crippen LogP contribution in [0.3, 0.4) is 0 Å². The molecule has 2 nitrogen and oxygen atoms in total. The van der Waals surface area contributed by atoms with Gasteiger partial charge in [-0.15, -0.1) is 11.6 Å². The Bertz CT molecular complexity index is 433. The second-order valence-corrected chi connectivity index (χ2v) is 5.42. The molecule has 1 saturated heterocycles. The molecule has 1 aromatic carbocycles. The number of aryl methyl sites for hydroxylation is 1. The number of benzene rings is 1. The van der Waals surface area contributed by atoms with E-state index in [-0.39, 0.29) is 11.3 Å². The third kappa shape index (κ3) is 2.75. The number of rotatable bonds is 1. The summed E-state index contributed by atoms with van der Waals surface area (Å²) >= 11 is 12.3. The van der Waals surface area contributed by atoms with E-state index in [9.17, 15) is 4.79 Å². The lowest BCUT2D eigenvalue weighted by molar-refractivity contribution is 0.0727. The zero-order valence-corrected chi connectivity index (χ0v) is 11.3. The van der Waals surface area contributed by atoms with Crippen molar-refractivity contribution in [2.24, 2.45) is 0 Å². The number of piperidine rings is 1. The van der Waals surface area contributed by atoms with E-state index in [0.29, 0.717) is 17.1 Å². The Kier molecular flexibility index (Phi) is 3.95. The number of likely N-dealkylation sites (tertiary alicyclic amines) is 1. The maximum atomic E-state index is 12.3. The molecule has 1 unspecified atom stereocenters. The van der Waals surface area contributed by atoms with Gasteiger partial charge in [0.25, 0.3) is 5.91 Å². The quantitative estimate of drug-likeness (QED) is 0.716. The van der Waals surface area contributed by atoms with Crippen molar-refractivity contribution in [2.45, 2.75) is 25.1 Å². The van der Waals surface area contributed by atoms with Crippen LogP contribution >= 0.6 is 23.2 Å². The van der Waals surface area contributed by atoms with Crippen molar-refractivity contribution in [3.63, 3.8) is 0 Å². The van der Waals surface area contributed by atoms with Crippen LogP contribution in [0.25, 0.3) is 0 Å². The molecule has 1 fully saturated rings. The predicted octanol–water partition coefficient (Wildman–Crippen LogP) is 3.49. The second-order valence-electron chi connectivity index (χ2n) is 4.43. The molecule has 1 amide bonds. The van der Waals surface area contributed by atoms with Crippen molar-refractivity contribution in [2.75, 3.05) is 13.1 Å². The molecule has 0 N–H and O–H groups in total. The van der Waals surface area contributed by atoms with Crippen LogP contribution in [-0.4, -0.2) is 29.3 Å². The molecule has 1 aliphatic heterocycles. The third-order valence-corrected chi connectivity index (χ3v) is 3.93. The average molecular weight is 272 g/mol. The van der Waals surface area contributed by atoms with Crippen LogP contribution in [0.2, 0.25) is 5.02 Å². The normalized spacial score (nSPS) is 20.4. The van der Waals surface area contributed by atoms with Gasteiger partial charge >= 0.3 is 0 Å². The van der Waals surface area contributed by atoms with Gasteiger partial charge in [0.15, 0.2) is 0 Å². The summed E-state index contributed by atoms with van der Waals surface area (Å²) in [6, 6.07) is 5.53. The Labute approximate surface area is 112 Å². The van der Waals surface area contributed by atoms with Crippen LogP contribution in [0.5, 0.6) is 0 Å². The lowest BCUT2D eigenvalue weighted by Crippen LogP contribution is -2.40. The number of nitrogens with zero attached hydrogens (tertiary/aromatic N) is 1. The van der Waals surface area contributed by atoms with E-state index in [4.69, 9.17) is 23.2 Å². The van der Waals surface area contributed by atoms with Crippen LogP contribution in [0.1, 0.15) is 28.8 Å². The van der Waals surface area contributed by atoms with E-state index in [2.05, 4.69) is 0 Å². The minimum absolute atomic E-state index is 0.0101. The molecule has 1 aromatic rings. The van der Waals surface area contributed by atoms with Gasteiger partial charge in [0.1, 0.15) is 0 Å². The Morgan fingerprint density at radius 3 is 2.94 bits per heavy atom. The highest BCUT2D eigenvalue weighted by Crippen LogP contribution is 2.24. The fourth-order valence-electron chi connectivity index (χ4n) is 2.09. The summed E-state index contributed by atoms with van der Waals surface area (Å²) in [4.78, 5) is 14.1. The molecule has 0 aromatic heterocycles. The number of amides is 1. The Balaban J connectivity index is 2.22. The molecular weight excluding hydrogens is 257 g/mol. The van der Waals surface area contributed by atoms with E-state index in [1.807, 2.05) is 19.1 Å². The summed E-state index contributed by atoms with van der Waals surface area (Å²) in [6.07, 6.45) is 1.94. The van der Waals surface area contributed by atoms with Gasteiger partial charge in [-0.2, -0.15) is 0 Å². The highest BCUT2D eigenvalue weighted by molar-refractivity contribution is 6.34. The number of hydrogen-bond acceptors (Lipinski definition) is 1. The summed E-state index contributed by atoms with van der Waals surface area (Å²) < 4.78 is 0. The fraction of sp³-hybridized carbons (Fsp3) is 0.462. The highest BCUT2D eigenvalue weighted by atomic mass is 35.5. The van der Waals surface area contributed by atoms with Crippen molar-refractivity contribution in [3.8, 4) is 0 Å². The van der Waals surface area contributed by atoms with Gasteiger partial charge in [-0.05, 0) is 31.4 Å². The summed E-state index contributed by atoms with van der Waals surface area (Å²) in [5, 5.41) is 0.616. The van der Waals surface area contributed by atoms with Crippen LogP contribution in [0.15, 0.2) is 18.2 Å². The summed E-state index contributed by atoms with van der Waals surface area (Å²) in [7, 11) is 0. The second kappa shape index (κ2) is 5.28. The van der Waals surface area contributed by atoms with Crippen molar-refractivity contribution in [3.05, 3.63) is 34.3 Å². The lowest BCUT2D eigenvalue weighted by atomic mass is 10.1. The molecule has 1 atom stereocenters. The standard InChI is InChI=1S/C13H15Cl2NO/c1-9-4-2-6-11(12(9)15)13(17)16-7-3-5-10(14)8-16/h2,4,6,10H,3,5,7-8H2,1H3. The molecule has 92 valence electrons. The Morgan fingerprint density at radius 2 is 2.24 bits per heavy atom. The minimum atomic E-state index is -0.0101. The first kappa shape index (κ1) is 12.7. The summed E-state index contributed by atoms with van der Waals surface area (Å²) in [5.41, 5.74) is 1.51. The maximum absolute atomic E-state index is 12.3. The van der Waals surface area contributed by atoms with E-state index in [1.165, 1.54) is 0 Å². The van der Waals surface area contributed by atoms with Crippen molar-refractivity contribution in [1.29, 1.82) is 0 Å². The molecule has 0 spiro atoms. The molecule has 17 heavy (non-hydrogen) atoms. The molecule has 0 bridgehead atoms. The first-order valence-corrected chi connectivity index (χ1v) is 6.59. The molecule has 2 rings (SSSR count). The van der Waals surface area contributed by atoms with E-state index in [1.54, 1.807) is 11.0 Å². The third-order valence-electron chi connectivity index (χ3n) is 3.07. The van der Waals surface area contributed by atoms with Gasteiger partial charge < -0.3 is 4.90 Å². The molecule has 0 aliphatic carbocycles. The van der Waals surface area contributed by atoms with E-state index < -0.39 is 0 Å². The largest absolute Gasteiger partial charge is 0.337 e. The number of carbonyl (C=O) groups excluding carboxylic acids is 1. The lowest BCUT2D eigenvalue weighted by Gasteiger charge is -2.30. The number of hydrogen-bond donors (Lipinski definition) is 0. The van der Waals surface area contributed by atoms with Crippen molar-refractivity contribution >= 4 is 29.1 Å². The molecule has 1 aliphatic rings. The first-order chi connectivity index (χ1) is 8.09. The van der Waals surface area contributed by atoms with Crippen LogP contribution < -0.4 is 0 Å². The van der Waals surface area contributed by atoms with Gasteiger partial charge in [0, 0.05) is 13.1 Å². The SMILES string of the molecule is Cc1cccc(C(=O)N2CCCC(Cl)C2)c1Cl. The number of alkyl halides is 1. The van der Waals surface area contributed by atoms with Gasteiger partial charge in [-0.25, -0.2) is 0 Å². The summed E-state index contributed by atoms with van der Waals surface area (Å²) in [6.45, 7) is 3.29. The van der Waals surface area contributed by atoms with E-state index in [0.717, 1.165) is 24.9 Å². The maximum Gasteiger partial charge on any atom is 0.255 e. The van der Waals surface area contributed by atoms with Gasteiger partial charge in [-0.1, -0.05) is 23.7 Å². The zero-order chi connectivity index (χ0) is 12.4. The van der Waals surface area contributed by atoms with E-state index >= 15 is 0 Å². The monoisotopic (exact) mass is 271 g/mol. The zero-order valence-electron chi connectivity index (χ0n) is 9.75. The number of halogens is 2. The predicted molar refractivity (Wildman–Crippen MR) is 71.0 cm³/mol. The fourth-order valence-corrected chi connectivity index (χ4v) is 2.62. The van der Waals surface area contributed by atoms with Gasteiger partial charge in [0.05, 0.1) is 16.0 Å². The molecule has 0 saturated carbocycles. The highest BCUT2D eigenvalue weighted by Gasteiger charge is 2.24. The van der Waals surface area contributed by atoms with Crippen LogP contribution in [0, 0.1) is 6.92 Å². The van der Waals surface area contributed by atoms with Gasteiger partial charge in [0.2, 0.25) is 0 Å². The van der Waals surface area contributed by atoms with Gasteiger partial charge in [-0.3, -0.25) is 4.79 Å². The molecule has 4 heteroatoms. The van der Waals surface area contributed by atoms with Crippen molar-refractivity contribution < 1.29 is 4.79 Å². The Morgan fingerprint density at radius 1 is 1.47 bits per heavy atom. The molecular formula is C13H15Cl2NO. The topological polar surface area (TPSA) is 20.3 Å². The minimum Gasteiger partial charge on any atom is -0.337 e. The Hall–Kier alpha value is -0.730.